The zero-order valence-electron chi connectivity index (χ0n) is 14.3. The number of benzene rings is 1. The Morgan fingerprint density at radius 2 is 1.88 bits per heavy atom. The number of nitrogens with zero attached hydrogens (tertiary/aromatic N) is 2. The molecule has 2 heterocycles. The molecule has 2 amide bonds. The molecule has 0 aromatic heterocycles. The average Bonchev–Trinajstić information content (AvgIpc) is 2.82. The lowest BCUT2D eigenvalue weighted by atomic mass is 9.93. The predicted octanol–water partition coefficient (Wildman–Crippen LogP) is 1.82. The highest BCUT2D eigenvalue weighted by Crippen LogP contribution is 2.24. The number of fused-ring (bicyclic) bond motifs is 1. The number of carboxylic acid groups (broad SMARTS) is 1. The number of hydrogen-bond acceptors (Lipinski definition) is 3. The van der Waals surface area contributed by atoms with Gasteiger partial charge in [0.1, 0.15) is 6.04 Å². The van der Waals surface area contributed by atoms with Crippen LogP contribution < -0.4 is 0 Å². The van der Waals surface area contributed by atoms with Gasteiger partial charge in [-0.25, -0.2) is 4.79 Å². The monoisotopic (exact) mass is 344 g/mol. The Morgan fingerprint density at radius 3 is 2.64 bits per heavy atom. The van der Waals surface area contributed by atoms with Gasteiger partial charge < -0.3 is 14.9 Å². The third kappa shape index (κ3) is 4.00. The summed E-state index contributed by atoms with van der Waals surface area (Å²) >= 11 is 0. The van der Waals surface area contributed by atoms with Crippen molar-refractivity contribution in [2.75, 3.05) is 13.1 Å². The average molecular weight is 344 g/mol. The van der Waals surface area contributed by atoms with Gasteiger partial charge in [0.2, 0.25) is 11.8 Å². The van der Waals surface area contributed by atoms with Crippen LogP contribution in [0.3, 0.4) is 0 Å². The Hall–Kier alpha value is -2.37. The van der Waals surface area contributed by atoms with Crippen molar-refractivity contribution in [2.24, 2.45) is 0 Å². The lowest BCUT2D eigenvalue weighted by Crippen LogP contribution is -2.49. The van der Waals surface area contributed by atoms with Gasteiger partial charge >= 0.3 is 5.97 Å². The number of carboxylic acids is 1. The van der Waals surface area contributed by atoms with Gasteiger partial charge in [-0.3, -0.25) is 9.59 Å². The molecule has 134 valence electrons. The van der Waals surface area contributed by atoms with E-state index in [1.807, 2.05) is 24.3 Å². The number of carbonyl (C=O) groups is 3. The van der Waals surface area contributed by atoms with Crippen molar-refractivity contribution < 1.29 is 19.5 Å². The third-order valence-corrected chi connectivity index (χ3v) is 5.12. The Labute approximate surface area is 147 Å². The van der Waals surface area contributed by atoms with Crippen LogP contribution in [-0.4, -0.2) is 51.8 Å². The molecule has 0 unspecified atom stereocenters. The highest BCUT2D eigenvalue weighted by molar-refractivity contribution is 5.85. The minimum atomic E-state index is -0.978. The second-order valence-electron chi connectivity index (χ2n) is 6.79. The maximum atomic E-state index is 12.7. The maximum absolute atomic E-state index is 12.7. The number of carbonyl (C=O) groups excluding carboxylic acids is 2. The molecule has 1 atom stereocenters. The van der Waals surface area contributed by atoms with Crippen molar-refractivity contribution in [3.05, 3.63) is 35.4 Å². The van der Waals surface area contributed by atoms with Crippen LogP contribution in [0.25, 0.3) is 0 Å². The van der Waals surface area contributed by atoms with Crippen molar-refractivity contribution in [2.45, 2.75) is 51.1 Å². The molecule has 25 heavy (non-hydrogen) atoms. The minimum absolute atomic E-state index is 0.101. The van der Waals surface area contributed by atoms with E-state index in [4.69, 9.17) is 0 Å². The first-order valence-corrected chi connectivity index (χ1v) is 8.93. The first-order valence-electron chi connectivity index (χ1n) is 8.93. The van der Waals surface area contributed by atoms with Crippen molar-refractivity contribution in [1.82, 2.24) is 9.80 Å². The summed E-state index contributed by atoms with van der Waals surface area (Å²) < 4.78 is 0. The summed E-state index contributed by atoms with van der Waals surface area (Å²) in [6.07, 6.45) is 3.98. The quantitative estimate of drug-likeness (QED) is 0.904. The SMILES string of the molecule is O=C(O)[C@@H]1Cc2ccccc2CN1C(=O)CCN1CCCCCC1=O. The van der Waals surface area contributed by atoms with Crippen LogP contribution in [0.2, 0.25) is 0 Å². The van der Waals surface area contributed by atoms with Gasteiger partial charge in [0, 0.05) is 38.9 Å². The smallest absolute Gasteiger partial charge is 0.326 e. The van der Waals surface area contributed by atoms with Gasteiger partial charge in [-0.05, 0) is 24.0 Å². The van der Waals surface area contributed by atoms with Crippen LogP contribution in [-0.2, 0) is 27.3 Å². The summed E-state index contributed by atoms with van der Waals surface area (Å²) in [5, 5.41) is 9.52. The molecule has 6 nitrogen and oxygen atoms in total. The molecule has 0 saturated carbocycles. The van der Waals surface area contributed by atoms with E-state index in [2.05, 4.69) is 0 Å². The molecule has 1 fully saturated rings. The molecular formula is C19H24N2O4. The van der Waals surface area contributed by atoms with Crippen LogP contribution >= 0.6 is 0 Å². The fourth-order valence-electron chi connectivity index (χ4n) is 3.65. The van der Waals surface area contributed by atoms with E-state index in [1.54, 1.807) is 4.90 Å². The molecular weight excluding hydrogens is 320 g/mol. The standard InChI is InChI=1S/C19H24N2O4/c22-17-8-2-1-5-10-20(17)11-9-18(23)21-13-15-7-4-3-6-14(15)12-16(21)19(24)25/h3-4,6-7,16H,1-2,5,8-13H2,(H,24,25)/t16-/m0/s1. The van der Waals surface area contributed by atoms with Crippen LogP contribution in [0.15, 0.2) is 24.3 Å². The van der Waals surface area contributed by atoms with Gasteiger partial charge in [-0.1, -0.05) is 30.7 Å². The van der Waals surface area contributed by atoms with E-state index in [0.29, 0.717) is 32.5 Å². The van der Waals surface area contributed by atoms with Crippen LogP contribution in [0, 0.1) is 0 Å². The lowest BCUT2D eigenvalue weighted by Gasteiger charge is -2.35. The fraction of sp³-hybridized carbons (Fsp3) is 0.526. The molecule has 1 aromatic rings. The van der Waals surface area contributed by atoms with E-state index in [0.717, 1.165) is 30.4 Å². The predicted molar refractivity (Wildman–Crippen MR) is 91.8 cm³/mol. The van der Waals surface area contributed by atoms with Crippen LogP contribution in [0.1, 0.15) is 43.2 Å². The van der Waals surface area contributed by atoms with E-state index in [-0.39, 0.29) is 18.2 Å². The number of hydrogen-bond donors (Lipinski definition) is 1. The second kappa shape index (κ2) is 7.68. The van der Waals surface area contributed by atoms with Crippen molar-refractivity contribution in [1.29, 1.82) is 0 Å². The van der Waals surface area contributed by atoms with E-state index in [1.165, 1.54) is 4.90 Å². The topological polar surface area (TPSA) is 77.9 Å². The van der Waals surface area contributed by atoms with Crippen molar-refractivity contribution in [3.8, 4) is 0 Å². The molecule has 0 aliphatic carbocycles. The number of rotatable bonds is 4. The van der Waals surface area contributed by atoms with E-state index < -0.39 is 12.0 Å². The summed E-state index contributed by atoms with van der Waals surface area (Å²) in [5.74, 6) is -1.07. The largest absolute Gasteiger partial charge is 0.480 e. The number of amides is 2. The van der Waals surface area contributed by atoms with Gasteiger partial charge in [-0.15, -0.1) is 0 Å². The first-order chi connectivity index (χ1) is 12.1. The molecule has 3 rings (SSSR count). The Balaban J connectivity index is 1.67. The van der Waals surface area contributed by atoms with Crippen LogP contribution in [0.4, 0.5) is 0 Å². The second-order valence-corrected chi connectivity index (χ2v) is 6.79. The zero-order chi connectivity index (χ0) is 17.8. The Morgan fingerprint density at radius 1 is 1.12 bits per heavy atom. The molecule has 2 aliphatic heterocycles. The van der Waals surface area contributed by atoms with Crippen molar-refractivity contribution in [3.63, 3.8) is 0 Å². The lowest BCUT2D eigenvalue weighted by molar-refractivity contribution is -0.151. The Bertz CT molecular complexity index is 673. The zero-order valence-corrected chi connectivity index (χ0v) is 14.3. The molecule has 1 N–H and O–H groups in total. The summed E-state index contributed by atoms with van der Waals surface area (Å²) in [7, 11) is 0. The molecule has 1 aromatic carbocycles. The first kappa shape index (κ1) is 17.5. The van der Waals surface area contributed by atoms with E-state index in [9.17, 15) is 19.5 Å². The molecule has 6 heteroatoms. The normalized spacial score (nSPS) is 20.8. The summed E-state index contributed by atoms with van der Waals surface area (Å²) in [4.78, 5) is 39.6. The Kier molecular flexibility index (Phi) is 5.36. The molecule has 0 bridgehead atoms. The number of likely N-dealkylation sites (tertiary alicyclic amines) is 1. The molecule has 0 radical (unpaired) electrons. The third-order valence-electron chi connectivity index (χ3n) is 5.12. The highest BCUT2D eigenvalue weighted by atomic mass is 16.4. The highest BCUT2D eigenvalue weighted by Gasteiger charge is 2.34. The van der Waals surface area contributed by atoms with Crippen molar-refractivity contribution >= 4 is 17.8 Å². The minimum Gasteiger partial charge on any atom is -0.480 e. The van der Waals surface area contributed by atoms with Gasteiger partial charge in [0.25, 0.3) is 0 Å². The summed E-state index contributed by atoms with van der Waals surface area (Å²) in [6, 6.07) is 6.82. The molecule has 2 aliphatic rings. The van der Waals surface area contributed by atoms with E-state index >= 15 is 0 Å². The van der Waals surface area contributed by atoms with Gasteiger partial charge in [0.15, 0.2) is 0 Å². The van der Waals surface area contributed by atoms with Crippen LogP contribution in [0.5, 0.6) is 0 Å². The van der Waals surface area contributed by atoms with Gasteiger partial charge in [0.05, 0.1) is 0 Å². The maximum Gasteiger partial charge on any atom is 0.326 e. The molecule has 0 spiro atoms. The molecule has 1 saturated heterocycles. The number of aliphatic carboxylic acids is 1. The van der Waals surface area contributed by atoms with Gasteiger partial charge in [-0.2, -0.15) is 0 Å². The fourth-order valence-corrected chi connectivity index (χ4v) is 3.65. The summed E-state index contributed by atoms with van der Waals surface area (Å²) in [5.41, 5.74) is 1.99. The summed E-state index contributed by atoms with van der Waals surface area (Å²) in [6.45, 7) is 1.39.